The number of piperazine rings is 1. The van der Waals surface area contributed by atoms with Gasteiger partial charge in [0.2, 0.25) is 0 Å². The number of rotatable bonds is 3. The summed E-state index contributed by atoms with van der Waals surface area (Å²) in [6.07, 6.45) is -0.639. The van der Waals surface area contributed by atoms with Crippen molar-refractivity contribution in [2.24, 2.45) is 0 Å². The van der Waals surface area contributed by atoms with Gasteiger partial charge >= 0.3 is 0 Å². The third kappa shape index (κ3) is 3.77. The van der Waals surface area contributed by atoms with Crippen molar-refractivity contribution in [2.45, 2.75) is 20.0 Å². The highest BCUT2D eigenvalue weighted by atomic mass is 16.3. The fourth-order valence-corrected chi connectivity index (χ4v) is 2.11. The Labute approximate surface area is 91.2 Å². The third-order valence-corrected chi connectivity index (χ3v) is 2.82. The number of amides is 1. The average molecular weight is 215 g/mol. The molecule has 5 nitrogen and oxygen atoms in total. The molecule has 1 unspecified atom stereocenters. The number of carbonyl (C=O) groups is 1. The van der Waals surface area contributed by atoms with Gasteiger partial charge in [-0.3, -0.25) is 9.69 Å². The van der Waals surface area contributed by atoms with Crippen molar-refractivity contribution in [3.05, 3.63) is 0 Å². The Hall–Kier alpha value is -0.650. The molecule has 0 aromatic rings. The van der Waals surface area contributed by atoms with Crippen LogP contribution in [0.5, 0.6) is 0 Å². The van der Waals surface area contributed by atoms with Gasteiger partial charge in [0.25, 0.3) is 5.91 Å². The van der Waals surface area contributed by atoms with Gasteiger partial charge in [-0.15, -0.1) is 0 Å². The lowest BCUT2D eigenvalue weighted by molar-refractivity contribution is -0.971. The van der Waals surface area contributed by atoms with Gasteiger partial charge in [-0.05, 0) is 7.05 Å². The van der Waals surface area contributed by atoms with E-state index in [1.54, 1.807) is 6.92 Å². The van der Waals surface area contributed by atoms with E-state index < -0.39 is 6.10 Å². The summed E-state index contributed by atoms with van der Waals surface area (Å²) in [7, 11) is 2.06. The Morgan fingerprint density at radius 2 is 2.07 bits per heavy atom. The van der Waals surface area contributed by atoms with E-state index in [9.17, 15) is 9.90 Å². The Kier molecular flexibility index (Phi) is 4.07. The van der Waals surface area contributed by atoms with Gasteiger partial charge in [0.15, 0.2) is 0 Å². The molecule has 1 atom stereocenters. The molecule has 0 bridgehead atoms. The summed E-state index contributed by atoms with van der Waals surface area (Å²) in [6.45, 7) is 7.13. The van der Waals surface area contributed by atoms with E-state index in [0.29, 0.717) is 11.1 Å². The highest BCUT2D eigenvalue weighted by Gasteiger charge is 2.32. The van der Waals surface area contributed by atoms with E-state index in [-0.39, 0.29) is 5.91 Å². The van der Waals surface area contributed by atoms with E-state index in [2.05, 4.69) is 17.4 Å². The monoisotopic (exact) mass is 215 g/mol. The van der Waals surface area contributed by atoms with Crippen LogP contribution in [0.3, 0.4) is 0 Å². The van der Waals surface area contributed by atoms with Crippen LogP contribution in [0.2, 0.25) is 0 Å². The molecule has 1 saturated heterocycles. The molecule has 1 amide bonds. The highest BCUT2D eigenvalue weighted by molar-refractivity contribution is 5.71. The number of likely N-dealkylation sites (N-methyl/N-ethyl adjacent to an activating group) is 1. The second-order valence-electron chi connectivity index (χ2n) is 4.56. The first kappa shape index (κ1) is 12.4. The lowest BCUT2D eigenvalue weighted by Crippen LogP contribution is -2.69. The molecule has 1 heterocycles. The van der Waals surface area contributed by atoms with Gasteiger partial charge in [0.1, 0.15) is 13.1 Å². The van der Waals surface area contributed by atoms with Crippen molar-refractivity contribution in [3.63, 3.8) is 0 Å². The maximum absolute atomic E-state index is 11.3. The first-order valence-corrected chi connectivity index (χ1v) is 5.43. The number of hydrogen-bond acceptors (Lipinski definition) is 3. The Bertz CT molecular complexity index is 223. The minimum Gasteiger partial charge on any atom is -0.848 e. The first-order valence-electron chi connectivity index (χ1n) is 5.43. The maximum atomic E-state index is 11.3. The molecule has 0 saturated carbocycles. The quantitative estimate of drug-likeness (QED) is 0.586. The zero-order valence-electron chi connectivity index (χ0n) is 9.82. The van der Waals surface area contributed by atoms with Gasteiger partial charge in [-0.25, -0.2) is 10.0 Å². The fraction of sp³-hybridized carbons (Fsp3) is 0.900. The zero-order valence-corrected chi connectivity index (χ0v) is 9.82. The molecule has 15 heavy (non-hydrogen) atoms. The fourth-order valence-electron chi connectivity index (χ4n) is 2.11. The molecule has 0 aromatic carbocycles. The maximum Gasteiger partial charge on any atom is 0.261 e. The molecule has 1 aliphatic heterocycles. The van der Waals surface area contributed by atoms with E-state index in [0.717, 1.165) is 26.2 Å². The standard InChI is InChI=1S/C10H21N3O2/c1-9(14)8-13(11-10(2)15)6-4-12(3)5-7-13/h9H,4-8H2,1-3H3,(H,11,15). The number of quaternary nitrogens is 1. The Balaban J connectivity index is 2.64. The number of nitrogens with zero attached hydrogens (tertiary/aromatic N) is 2. The van der Waals surface area contributed by atoms with Crippen LogP contribution in [0.1, 0.15) is 13.8 Å². The van der Waals surface area contributed by atoms with Gasteiger partial charge in [-0.2, -0.15) is 0 Å². The molecule has 0 radical (unpaired) electrons. The molecule has 1 N–H and O–H groups in total. The summed E-state index contributed by atoms with van der Waals surface area (Å²) < 4.78 is 0.449. The van der Waals surface area contributed by atoms with Crippen LogP contribution >= 0.6 is 0 Å². The largest absolute Gasteiger partial charge is 0.848 e. The van der Waals surface area contributed by atoms with E-state index in [4.69, 9.17) is 0 Å². The van der Waals surface area contributed by atoms with Crippen LogP contribution in [-0.4, -0.2) is 61.3 Å². The minimum atomic E-state index is -0.639. The molecule has 88 valence electrons. The summed E-state index contributed by atoms with van der Waals surface area (Å²) in [5.41, 5.74) is 2.92. The van der Waals surface area contributed by atoms with Crippen LogP contribution in [0, 0.1) is 0 Å². The van der Waals surface area contributed by atoms with Crippen LogP contribution in [-0.2, 0) is 4.79 Å². The molecule has 1 fully saturated rings. The number of hydrogen-bond donors (Lipinski definition) is 1. The van der Waals surface area contributed by atoms with Crippen molar-refractivity contribution in [2.75, 3.05) is 39.8 Å². The molecule has 0 spiro atoms. The topological polar surface area (TPSA) is 55.4 Å². The van der Waals surface area contributed by atoms with Crippen LogP contribution in [0.4, 0.5) is 0 Å². The van der Waals surface area contributed by atoms with E-state index >= 15 is 0 Å². The van der Waals surface area contributed by atoms with Crippen LogP contribution in [0.25, 0.3) is 0 Å². The SMILES string of the molecule is CC(=O)N[N+]1(CC(C)[O-])CCN(C)CC1. The van der Waals surface area contributed by atoms with E-state index in [1.807, 2.05) is 0 Å². The van der Waals surface area contributed by atoms with Crippen molar-refractivity contribution in [3.8, 4) is 0 Å². The van der Waals surface area contributed by atoms with Crippen molar-refractivity contribution in [1.29, 1.82) is 0 Å². The molecule has 1 aliphatic rings. The van der Waals surface area contributed by atoms with E-state index in [1.165, 1.54) is 6.92 Å². The second-order valence-corrected chi connectivity index (χ2v) is 4.56. The molecule has 0 aliphatic carbocycles. The number of carbonyl (C=O) groups excluding carboxylic acids is 1. The Morgan fingerprint density at radius 3 is 2.47 bits per heavy atom. The smallest absolute Gasteiger partial charge is 0.261 e. The Morgan fingerprint density at radius 1 is 1.53 bits per heavy atom. The van der Waals surface area contributed by atoms with Gasteiger partial charge < -0.3 is 5.11 Å². The summed E-state index contributed by atoms with van der Waals surface area (Å²) >= 11 is 0. The summed E-state index contributed by atoms with van der Waals surface area (Å²) in [4.78, 5) is 13.4. The number of nitrogens with one attached hydrogen (secondary N) is 1. The molecule has 0 aromatic heterocycles. The summed E-state index contributed by atoms with van der Waals surface area (Å²) in [5, 5.41) is 11.3. The predicted octanol–water partition coefficient (Wildman–Crippen LogP) is -1.45. The van der Waals surface area contributed by atoms with Crippen molar-refractivity contribution >= 4 is 5.91 Å². The van der Waals surface area contributed by atoms with Crippen LogP contribution < -0.4 is 10.5 Å². The lowest BCUT2D eigenvalue weighted by atomic mass is 10.2. The molecule has 5 heteroatoms. The average Bonchev–Trinajstić information content (AvgIpc) is 2.08. The van der Waals surface area contributed by atoms with Crippen LogP contribution in [0.15, 0.2) is 0 Å². The van der Waals surface area contributed by atoms with Crippen molar-refractivity contribution < 1.29 is 14.5 Å². The molecular formula is C10H21N3O2. The van der Waals surface area contributed by atoms with Crippen molar-refractivity contribution in [1.82, 2.24) is 10.3 Å². The minimum absolute atomic E-state index is 0.0554. The first-order chi connectivity index (χ1) is 6.93. The summed E-state index contributed by atoms with van der Waals surface area (Å²) in [6, 6.07) is 0. The normalized spacial score (nSPS) is 23.5. The molecule has 1 rings (SSSR count). The van der Waals surface area contributed by atoms with Gasteiger partial charge in [0, 0.05) is 20.0 Å². The molecular weight excluding hydrogens is 194 g/mol. The predicted molar refractivity (Wildman–Crippen MR) is 55.6 cm³/mol. The lowest BCUT2D eigenvalue weighted by Gasteiger charge is -2.45. The second kappa shape index (κ2) is 4.92. The van der Waals surface area contributed by atoms with Gasteiger partial charge in [0.05, 0.1) is 6.54 Å². The van der Waals surface area contributed by atoms with Gasteiger partial charge in [-0.1, -0.05) is 13.0 Å². The summed E-state index contributed by atoms with van der Waals surface area (Å²) in [5.74, 6) is -0.0554. The highest BCUT2D eigenvalue weighted by Crippen LogP contribution is 2.09. The zero-order chi connectivity index (χ0) is 11.5. The third-order valence-electron chi connectivity index (χ3n) is 2.82.